The maximum atomic E-state index is 12.5. The lowest BCUT2D eigenvalue weighted by atomic mass is 9.71. The van der Waals surface area contributed by atoms with E-state index in [0.29, 0.717) is 23.8 Å². The number of carbonyl (C=O) groups is 1. The number of benzene rings is 1. The van der Waals surface area contributed by atoms with Gasteiger partial charge in [0.1, 0.15) is 0 Å². The Morgan fingerprint density at radius 3 is 2.46 bits per heavy atom. The molecule has 0 radical (unpaired) electrons. The molecule has 3 heterocycles. The molecule has 2 aliphatic rings. The first-order valence-corrected chi connectivity index (χ1v) is 10.7. The molecule has 0 unspecified atom stereocenters. The Labute approximate surface area is 168 Å². The summed E-state index contributed by atoms with van der Waals surface area (Å²) in [6, 6.07) is 7.07. The number of nitrogens with zero attached hydrogens (tertiary/aromatic N) is 4. The highest BCUT2D eigenvalue weighted by atomic mass is 16.2. The van der Waals surface area contributed by atoms with E-state index in [0.717, 1.165) is 39.0 Å². The zero-order valence-electron chi connectivity index (χ0n) is 18.0. The molecule has 0 bridgehead atoms. The van der Waals surface area contributed by atoms with Crippen molar-refractivity contribution in [3.63, 3.8) is 0 Å². The predicted molar refractivity (Wildman–Crippen MR) is 115 cm³/mol. The Kier molecular flexibility index (Phi) is 4.67. The van der Waals surface area contributed by atoms with Crippen molar-refractivity contribution in [3.8, 4) is 0 Å². The van der Waals surface area contributed by atoms with Crippen LogP contribution in [0, 0.1) is 10.8 Å². The van der Waals surface area contributed by atoms with Crippen LogP contribution in [0.1, 0.15) is 59.9 Å². The highest BCUT2D eigenvalue weighted by molar-refractivity contribution is 5.83. The molecular formula is C23H34N4O. The maximum Gasteiger partial charge on any atom is 0.223 e. The van der Waals surface area contributed by atoms with Gasteiger partial charge in [0.05, 0.1) is 11.7 Å². The summed E-state index contributed by atoms with van der Waals surface area (Å²) >= 11 is 0. The van der Waals surface area contributed by atoms with Gasteiger partial charge in [-0.1, -0.05) is 20.8 Å². The summed E-state index contributed by atoms with van der Waals surface area (Å²) in [6.07, 6.45) is 4.87. The highest BCUT2D eigenvalue weighted by Gasteiger charge is 2.45. The molecule has 5 nitrogen and oxygen atoms in total. The molecule has 4 rings (SSSR count). The summed E-state index contributed by atoms with van der Waals surface area (Å²) in [7, 11) is 0. The molecule has 0 saturated carbocycles. The molecule has 0 N–H and O–H groups in total. The number of likely N-dealkylation sites (tertiary alicyclic amines) is 1. The summed E-state index contributed by atoms with van der Waals surface area (Å²) in [5.74, 6) is 0.325. The standard InChI is InChI=1S/C23H34N4O/c1-17(2)27-20-12-19(7-6-18(20)14-24-27)26-15-23(16-26)8-10-25(11-9-23)21(28)13-22(3,4)5/h6-7,12,14,17H,8-11,13,15-16H2,1-5H3. The van der Waals surface area contributed by atoms with E-state index < -0.39 is 0 Å². The van der Waals surface area contributed by atoms with Crippen LogP contribution in [0.5, 0.6) is 0 Å². The number of rotatable bonds is 3. The van der Waals surface area contributed by atoms with Crippen molar-refractivity contribution in [1.82, 2.24) is 14.7 Å². The quantitative estimate of drug-likeness (QED) is 0.786. The molecule has 28 heavy (non-hydrogen) atoms. The van der Waals surface area contributed by atoms with Gasteiger partial charge >= 0.3 is 0 Å². The van der Waals surface area contributed by atoms with Gasteiger partial charge in [-0.15, -0.1) is 0 Å². The van der Waals surface area contributed by atoms with Gasteiger partial charge in [-0.25, -0.2) is 0 Å². The summed E-state index contributed by atoms with van der Waals surface area (Å²) < 4.78 is 2.10. The number of hydrogen-bond donors (Lipinski definition) is 0. The summed E-state index contributed by atoms with van der Waals surface area (Å²) in [4.78, 5) is 17.1. The SMILES string of the molecule is CC(C)n1ncc2ccc(N3CC4(CCN(C(=O)CC(C)(C)C)CC4)C3)cc21. The number of piperidine rings is 1. The van der Waals surface area contributed by atoms with Crippen molar-refractivity contribution < 1.29 is 4.79 Å². The van der Waals surface area contributed by atoms with E-state index in [1.54, 1.807) is 0 Å². The normalized spacial score (nSPS) is 19.5. The fourth-order valence-electron chi connectivity index (χ4n) is 4.69. The second kappa shape index (κ2) is 6.78. The van der Waals surface area contributed by atoms with Crippen LogP contribution >= 0.6 is 0 Å². The van der Waals surface area contributed by atoms with Crippen molar-refractivity contribution in [2.75, 3.05) is 31.1 Å². The number of amides is 1. The van der Waals surface area contributed by atoms with Crippen molar-refractivity contribution in [2.45, 2.75) is 59.9 Å². The molecule has 5 heteroatoms. The third kappa shape index (κ3) is 3.63. The van der Waals surface area contributed by atoms with Crippen molar-refractivity contribution in [2.24, 2.45) is 10.8 Å². The first kappa shape index (κ1) is 19.3. The average Bonchev–Trinajstić information content (AvgIpc) is 3.01. The van der Waals surface area contributed by atoms with Crippen LogP contribution in [-0.4, -0.2) is 46.8 Å². The number of hydrogen-bond acceptors (Lipinski definition) is 3. The topological polar surface area (TPSA) is 41.4 Å². The maximum absolute atomic E-state index is 12.5. The van der Waals surface area contributed by atoms with Crippen LogP contribution in [0.3, 0.4) is 0 Å². The average molecular weight is 383 g/mol. The van der Waals surface area contributed by atoms with Gasteiger partial charge in [-0.3, -0.25) is 9.48 Å². The summed E-state index contributed by atoms with van der Waals surface area (Å²) in [5, 5.41) is 5.74. The van der Waals surface area contributed by atoms with Crippen molar-refractivity contribution in [1.29, 1.82) is 0 Å². The molecule has 2 fully saturated rings. The third-order valence-electron chi connectivity index (χ3n) is 6.35. The summed E-state index contributed by atoms with van der Waals surface area (Å²) in [5.41, 5.74) is 2.98. The fraction of sp³-hybridized carbons (Fsp3) is 0.652. The predicted octanol–water partition coefficient (Wildman–Crippen LogP) is 4.48. The Morgan fingerprint density at radius 2 is 1.86 bits per heavy atom. The van der Waals surface area contributed by atoms with E-state index in [1.165, 1.54) is 16.6 Å². The van der Waals surface area contributed by atoms with E-state index in [-0.39, 0.29) is 5.41 Å². The van der Waals surface area contributed by atoms with E-state index in [9.17, 15) is 4.79 Å². The molecule has 152 valence electrons. The first-order valence-electron chi connectivity index (χ1n) is 10.7. The highest BCUT2D eigenvalue weighted by Crippen LogP contribution is 2.43. The number of aromatic nitrogens is 2. The lowest BCUT2D eigenvalue weighted by molar-refractivity contribution is -0.135. The van der Waals surface area contributed by atoms with Gasteiger partial charge in [-0.05, 0) is 50.3 Å². The van der Waals surface area contributed by atoms with Crippen LogP contribution in [-0.2, 0) is 4.79 Å². The molecule has 2 saturated heterocycles. The van der Waals surface area contributed by atoms with E-state index in [4.69, 9.17) is 0 Å². The molecule has 2 aliphatic heterocycles. The van der Waals surface area contributed by atoms with Crippen LogP contribution in [0.2, 0.25) is 0 Å². The third-order valence-corrected chi connectivity index (χ3v) is 6.35. The van der Waals surface area contributed by atoms with Gasteiger partial charge in [0.15, 0.2) is 0 Å². The minimum absolute atomic E-state index is 0.0701. The van der Waals surface area contributed by atoms with E-state index >= 15 is 0 Å². The Morgan fingerprint density at radius 1 is 1.18 bits per heavy atom. The minimum Gasteiger partial charge on any atom is -0.370 e. The zero-order valence-corrected chi connectivity index (χ0v) is 18.0. The molecule has 1 spiro atoms. The zero-order chi connectivity index (χ0) is 20.1. The van der Waals surface area contributed by atoms with E-state index in [1.807, 2.05) is 6.20 Å². The Balaban J connectivity index is 1.38. The molecule has 1 amide bonds. The number of fused-ring (bicyclic) bond motifs is 1. The molecule has 1 aromatic carbocycles. The lowest BCUT2D eigenvalue weighted by Gasteiger charge is -2.55. The van der Waals surface area contributed by atoms with Gasteiger partial charge in [0.25, 0.3) is 0 Å². The van der Waals surface area contributed by atoms with E-state index in [2.05, 4.69) is 72.4 Å². The summed E-state index contributed by atoms with van der Waals surface area (Å²) in [6.45, 7) is 14.8. The number of carbonyl (C=O) groups excluding carboxylic acids is 1. The molecule has 0 aliphatic carbocycles. The van der Waals surface area contributed by atoms with Gasteiger partial charge in [-0.2, -0.15) is 5.10 Å². The smallest absolute Gasteiger partial charge is 0.223 e. The van der Waals surface area contributed by atoms with Crippen LogP contribution < -0.4 is 4.90 Å². The Bertz CT molecular complexity index is 860. The molecule has 1 aromatic heterocycles. The van der Waals surface area contributed by atoms with Gasteiger partial charge in [0, 0.05) is 55.1 Å². The first-order chi connectivity index (χ1) is 13.2. The largest absolute Gasteiger partial charge is 0.370 e. The van der Waals surface area contributed by atoms with Crippen LogP contribution in [0.15, 0.2) is 24.4 Å². The molecule has 0 atom stereocenters. The molecule has 2 aromatic rings. The van der Waals surface area contributed by atoms with Crippen molar-refractivity contribution in [3.05, 3.63) is 24.4 Å². The number of anilines is 1. The Hall–Kier alpha value is -2.04. The van der Waals surface area contributed by atoms with Crippen LogP contribution in [0.4, 0.5) is 5.69 Å². The van der Waals surface area contributed by atoms with Crippen molar-refractivity contribution >= 4 is 22.5 Å². The van der Waals surface area contributed by atoms with Gasteiger partial charge in [0.2, 0.25) is 5.91 Å². The second-order valence-corrected chi connectivity index (χ2v) is 10.4. The lowest BCUT2D eigenvalue weighted by Crippen LogP contribution is -2.61. The monoisotopic (exact) mass is 382 g/mol. The molecular weight excluding hydrogens is 348 g/mol. The second-order valence-electron chi connectivity index (χ2n) is 10.4. The minimum atomic E-state index is 0.0701. The van der Waals surface area contributed by atoms with Gasteiger partial charge < -0.3 is 9.80 Å². The fourth-order valence-corrected chi connectivity index (χ4v) is 4.69. The van der Waals surface area contributed by atoms with Crippen LogP contribution in [0.25, 0.3) is 10.9 Å².